The van der Waals surface area contributed by atoms with Crippen LogP contribution < -0.4 is 5.32 Å². The molecule has 3 aromatic rings. The van der Waals surface area contributed by atoms with E-state index in [2.05, 4.69) is 39.6 Å². The fourth-order valence-electron chi connectivity index (χ4n) is 3.64. The highest BCUT2D eigenvalue weighted by molar-refractivity contribution is 5.89. The van der Waals surface area contributed by atoms with Crippen LogP contribution in [0.4, 0.5) is 0 Å². The molecule has 1 amide bonds. The minimum atomic E-state index is -0.319. The number of hydrogen-bond donors (Lipinski definition) is 1. The molecular weight excluding hydrogens is 352 g/mol. The molecule has 2 aromatic carbocycles. The van der Waals surface area contributed by atoms with Gasteiger partial charge in [-0.1, -0.05) is 42.5 Å². The van der Waals surface area contributed by atoms with Gasteiger partial charge in [0.1, 0.15) is 0 Å². The Bertz CT molecular complexity index is 921. The summed E-state index contributed by atoms with van der Waals surface area (Å²) in [5, 5.41) is 10.8. The van der Waals surface area contributed by atoms with Crippen LogP contribution in [0, 0.1) is 0 Å². The lowest BCUT2D eigenvalue weighted by Gasteiger charge is -2.18. The molecule has 1 fully saturated rings. The number of nitrogens with zero attached hydrogens (tertiary/aromatic N) is 3. The second kappa shape index (κ2) is 8.35. The standard InChI is InChI=1S/C22H24N4O2/c1-26-15-5-8-19(26)13-14-23-20(27)22-25-24-21(28-22)18-11-9-17(10-12-18)16-6-3-2-4-7-16/h2-4,6-7,9-12,19H,5,8,13-15H2,1H3,(H,23,27). The maximum atomic E-state index is 12.3. The van der Waals surface area contributed by atoms with Gasteiger partial charge in [0.25, 0.3) is 0 Å². The second-order valence-corrected chi connectivity index (χ2v) is 7.18. The van der Waals surface area contributed by atoms with E-state index < -0.39 is 0 Å². The molecule has 0 saturated carbocycles. The average molecular weight is 376 g/mol. The van der Waals surface area contributed by atoms with E-state index >= 15 is 0 Å². The van der Waals surface area contributed by atoms with Crippen molar-refractivity contribution in [2.45, 2.75) is 25.3 Å². The zero-order chi connectivity index (χ0) is 19.3. The third-order valence-electron chi connectivity index (χ3n) is 5.29. The van der Waals surface area contributed by atoms with E-state index in [1.165, 1.54) is 12.8 Å². The molecule has 1 aromatic heterocycles. The minimum Gasteiger partial charge on any atom is -0.412 e. The number of carbonyl (C=O) groups excluding carboxylic acids is 1. The molecule has 2 heterocycles. The highest BCUT2D eigenvalue weighted by Gasteiger charge is 2.21. The van der Waals surface area contributed by atoms with Crippen molar-refractivity contribution in [3.05, 3.63) is 60.5 Å². The first kappa shape index (κ1) is 18.4. The van der Waals surface area contributed by atoms with Crippen molar-refractivity contribution in [2.24, 2.45) is 0 Å². The van der Waals surface area contributed by atoms with Crippen LogP contribution in [0.5, 0.6) is 0 Å². The SMILES string of the molecule is CN1CCCC1CCNC(=O)c1nnc(-c2ccc(-c3ccccc3)cc2)o1. The topological polar surface area (TPSA) is 71.3 Å². The summed E-state index contributed by atoms with van der Waals surface area (Å²) >= 11 is 0. The molecule has 144 valence electrons. The van der Waals surface area contributed by atoms with Crippen molar-refractivity contribution in [1.82, 2.24) is 20.4 Å². The lowest BCUT2D eigenvalue weighted by Crippen LogP contribution is -2.31. The van der Waals surface area contributed by atoms with Gasteiger partial charge in [0, 0.05) is 18.2 Å². The molecule has 1 unspecified atom stereocenters. The quantitative estimate of drug-likeness (QED) is 0.711. The van der Waals surface area contributed by atoms with Crippen LogP contribution in [-0.4, -0.2) is 47.2 Å². The zero-order valence-corrected chi connectivity index (χ0v) is 16.0. The van der Waals surface area contributed by atoms with Crippen molar-refractivity contribution in [3.63, 3.8) is 0 Å². The monoisotopic (exact) mass is 376 g/mol. The third-order valence-corrected chi connectivity index (χ3v) is 5.29. The summed E-state index contributed by atoms with van der Waals surface area (Å²) in [7, 11) is 2.13. The van der Waals surface area contributed by atoms with Gasteiger partial charge >= 0.3 is 11.8 Å². The first-order chi connectivity index (χ1) is 13.7. The van der Waals surface area contributed by atoms with Gasteiger partial charge in [-0.2, -0.15) is 0 Å². The molecule has 28 heavy (non-hydrogen) atoms. The Hall–Kier alpha value is -2.99. The summed E-state index contributed by atoms with van der Waals surface area (Å²) in [6.07, 6.45) is 3.35. The maximum Gasteiger partial charge on any atom is 0.308 e. The molecule has 1 N–H and O–H groups in total. The molecule has 1 aliphatic rings. The maximum absolute atomic E-state index is 12.3. The number of benzene rings is 2. The van der Waals surface area contributed by atoms with E-state index in [0.717, 1.165) is 29.7 Å². The number of aromatic nitrogens is 2. The summed E-state index contributed by atoms with van der Waals surface area (Å²) in [5.74, 6) is 0.0301. The van der Waals surface area contributed by atoms with Crippen LogP contribution in [0.3, 0.4) is 0 Å². The molecule has 0 spiro atoms. The fraction of sp³-hybridized carbons (Fsp3) is 0.318. The molecule has 1 aliphatic heterocycles. The number of nitrogens with one attached hydrogen (secondary N) is 1. The summed E-state index contributed by atoms with van der Waals surface area (Å²) in [4.78, 5) is 14.6. The van der Waals surface area contributed by atoms with Gasteiger partial charge in [0.2, 0.25) is 5.89 Å². The van der Waals surface area contributed by atoms with Crippen LogP contribution in [0.1, 0.15) is 29.9 Å². The Morgan fingerprint density at radius 1 is 1.07 bits per heavy atom. The van der Waals surface area contributed by atoms with Gasteiger partial charge in [-0.25, -0.2) is 0 Å². The highest BCUT2D eigenvalue weighted by atomic mass is 16.4. The molecule has 1 saturated heterocycles. The fourth-order valence-corrected chi connectivity index (χ4v) is 3.64. The molecule has 0 aliphatic carbocycles. The molecule has 0 bridgehead atoms. The molecule has 4 rings (SSSR count). The number of rotatable bonds is 6. The van der Waals surface area contributed by atoms with Crippen molar-refractivity contribution >= 4 is 5.91 Å². The Morgan fingerprint density at radius 3 is 2.50 bits per heavy atom. The van der Waals surface area contributed by atoms with Crippen LogP contribution in [-0.2, 0) is 0 Å². The van der Waals surface area contributed by atoms with E-state index in [9.17, 15) is 4.79 Å². The van der Waals surface area contributed by atoms with E-state index in [4.69, 9.17) is 4.42 Å². The van der Waals surface area contributed by atoms with Crippen molar-refractivity contribution in [1.29, 1.82) is 0 Å². The zero-order valence-electron chi connectivity index (χ0n) is 16.0. The largest absolute Gasteiger partial charge is 0.412 e. The van der Waals surface area contributed by atoms with Gasteiger partial charge in [0.15, 0.2) is 0 Å². The van der Waals surface area contributed by atoms with E-state index in [1.807, 2.05) is 42.5 Å². The number of amides is 1. The Labute approximate surface area is 164 Å². The summed E-state index contributed by atoms with van der Waals surface area (Å²) < 4.78 is 5.58. The number of likely N-dealkylation sites (tertiary alicyclic amines) is 1. The Balaban J connectivity index is 1.36. The summed E-state index contributed by atoms with van der Waals surface area (Å²) in [6, 6.07) is 18.5. The van der Waals surface area contributed by atoms with E-state index in [0.29, 0.717) is 18.5 Å². The molecule has 1 atom stereocenters. The molecular formula is C22H24N4O2. The Kier molecular flexibility index (Phi) is 5.48. The van der Waals surface area contributed by atoms with E-state index in [1.54, 1.807) is 0 Å². The van der Waals surface area contributed by atoms with Gasteiger partial charge in [-0.05, 0) is 56.1 Å². The first-order valence-corrected chi connectivity index (χ1v) is 9.68. The van der Waals surface area contributed by atoms with Crippen molar-refractivity contribution in [3.8, 4) is 22.6 Å². The lowest BCUT2D eigenvalue weighted by atomic mass is 10.0. The molecule has 0 radical (unpaired) electrons. The van der Waals surface area contributed by atoms with E-state index in [-0.39, 0.29) is 11.8 Å². The average Bonchev–Trinajstić information content (AvgIpc) is 3.38. The van der Waals surface area contributed by atoms with Crippen LogP contribution in [0.25, 0.3) is 22.6 Å². The second-order valence-electron chi connectivity index (χ2n) is 7.18. The summed E-state index contributed by atoms with van der Waals surface area (Å²) in [5.41, 5.74) is 3.05. The Morgan fingerprint density at radius 2 is 1.79 bits per heavy atom. The van der Waals surface area contributed by atoms with Gasteiger partial charge in [-0.3, -0.25) is 4.79 Å². The number of carbonyl (C=O) groups is 1. The summed E-state index contributed by atoms with van der Waals surface area (Å²) in [6.45, 7) is 1.74. The molecule has 6 heteroatoms. The van der Waals surface area contributed by atoms with Crippen molar-refractivity contribution < 1.29 is 9.21 Å². The third kappa shape index (κ3) is 4.12. The van der Waals surface area contributed by atoms with Crippen LogP contribution in [0.15, 0.2) is 59.0 Å². The first-order valence-electron chi connectivity index (χ1n) is 9.68. The predicted octanol–water partition coefficient (Wildman–Crippen LogP) is 3.62. The highest BCUT2D eigenvalue weighted by Crippen LogP contribution is 2.24. The van der Waals surface area contributed by atoms with Gasteiger partial charge in [0.05, 0.1) is 0 Å². The van der Waals surface area contributed by atoms with Crippen LogP contribution in [0.2, 0.25) is 0 Å². The predicted molar refractivity (Wildman–Crippen MR) is 108 cm³/mol. The lowest BCUT2D eigenvalue weighted by molar-refractivity contribution is 0.0916. The molecule has 6 nitrogen and oxygen atoms in total. The smallest absolute Gasteiger partial charge is 0.308 e. The normalized spacial score (nSPS) is 17.0. The van der Waals surface area contributed by atoms with Crippen molar-refractivity contribution in [2.75, 3.05) is 20.1 Å². The van der Waals surface area contributed by atoms with Gasteiger partial charge in [-0.15, -0.1) is 10.2 Å². The van der Waals surface area contributed by atoms with Crippen LogP contribution >= 0.6 is 0 Å². The minimum absolute atomic E-state index is 0.00177. The number of hydrogen-bond acceptors (Lipinski definition) is 5. The van der Waals surface area contributed by atoms with Gasteiger partial charge < -0.3 is 14.6 Å².